The summed E-state index contributed by atoms with van der Waals surface area (Å²) < 4.78 is 0. The second-order valence-electron chi connectivity index (χ2n) is 2.33. The molecule has 1 N–H and O–H groups in total. The van der Waals surface area contributed by atoms with Crippen LogP contribution in [-0.4, -0.2) is 10.7 Å². The molecule has 0 aromatic carbocycles. The van der Waals surface area contributed by atoms with Crippen LogP contribution in [0.15, 0.2) is 24.3 Å². The topological polar surface area (TPSA) is 20.2 Å². The zero-order valence-electron chi connectivity index (χ0n) is 6.83. The molecule has 0 aliphatic rings. The van der Waals surface area contributed by atoms with E-state index in [1.165, 1.54) is 18.9 Å². The maximum Gasteiger partial charge on any atom is 0.146 e. The van der Waals surface area contributed by atoms with E-state index in [-0.39, 0.29) is 0 Å². The maximum atomic E-state index is 8.60. The number of rotatable bonds is 5. The van der Waals surface area contributed by atoms with E-state index in [1.54, 1.807) is 6.08 Å². The third-order valence-electron chi connectivity index (χ3n) is 1.24. The van der Waals surface area contributed by atoms with Crippen LogP contribution >= 0.6 is 11.6 Å². The van der Waals surface area contributed by atoms with Crippen LogP contribution in [0.3, 0.4) is 0 Å². The van der Waals surface area contributed by atoms with Crippen LogP contribution in [0.1, 0.15) is 26.2 Å². The highest BCUT2D eigenvalue weighted by Gasteiger charge is 1.83. The number of hydrogen-bond acceptors (Lipinski definition) is 1. The first-order chi connectivity index (χ1) is 5.27. The molecule has 0 rings (SSSR count). The molecule has 0 bridgehead atoms. The standard InChI is InChI=1S/C9H15ClO/c1-2-3-4-5-6-7-8-9(10)11/h5-9,11H,2-4H2,1H3/b6-5+,8-7+. The van der Waals surface area contributed by atoms with Gasteiger partial charge in [0.15, 0.2) is 0 Å². The van der Waals surface area contributed by atoms with E-state index in [9.17, 15) is 0 Å². The van der Waals surface area contributed by atoms with Crippen molar-refractivity contribution in [3.05, 3.63) is 24.3 Å². The van der Waals surface area contributed by atoms with Gasteiger partial charge in [-0.2, -0.15) is 0 Å². The van der Waals surface area contributed by atoms with Crippen molar-refractivity contribution in [2.24, 2.45) is 0 Å². The van der Waals surface area contributed by atoms with Crippen molar-refractivity contribution < 1.29 is 5.11 Å². The Labute approximate surface area is 73.4 Å². The van der Waals surface area contributed by atoms with Gasteiger partial charge in [-0.3, -0.25) is 0 Å². The van der Waals surface area contributed by atoms with E-state index < -0.39 is 5.56 Å². The highest BCUT2D eigenvalue weighted by molar-refractivity contribution is 6.20. The molecule has 0 aromatic rings. The third-order valence-corrected chi connectivity index (χ3v) is 1.39. The molecule has 0 saturated heterocycles. The minimum absolute atomic E-state index is 0.856. The van der Waals surface area contributed by atoms with Gasteiger partial charge in [0, 0.05) is 0 Å². The van der Waals surface area contributed by atoms with Gasteiger partial charge in [0.2, 0.25) is 0 Å². The molecule has 0 amide bonds. The van der Waals surface area contributed by atoms with E-state index in [4.69, 9.17) is 16.7 Å². The third kappa shape index (κ3) is 9.73. The first-order valence-electron chi connectivity index (χ1n) is 3.93. The van der Waals surface area contributed by atoms with Crippen molar-refractivity contribution in [3.8, 4) is 0 Å². The summed E-state index contributed by atoms with van der Waals surface area (Å²) in [6.07, 6.45) is 10.8. The van der Waals surface area contributed by atoms with E-state index in [2.05, 4.69) is 13.0 Å². The molecular formula is C9H15ClO. The zero-order chi connectivity index (χ0) is 8.53. The van der Waals surface area contributed by atoms with Gasteiger partial charge >= 0.3 is 0 Å². The monoisotopic (exact) mass is 174 g/mol. The minimum atomic E-state index is -0.856. The zero-order valence-corrected chi connectivity index (χ0v) is 7.59. The Morgan fingerprint density at radius 3 is 2.73 bits per heavy atom. The Morgan fingerprint density at radius 2 is 2.18 bits per heavy atom. The molecule has 0 aliphatic carbocycles. The lowest BCUT2D eigenvalue weighted by molar-refractivity contribution is 0.303. The van der Waals surface area contributed by atoms with Gasteiger partial charge in [-0.15, -0.1) is 0 Å². The quantitative estimate of drug-likeness (QED) is 0.386. The van der Waals surface area contributed by atoms with Gasteiger partial charge < -0.3 is 5.11 Å². The van der Waals surface area contributed by atoms with E-state index in [1.807, 2.05) is 6.08 Å². The van der Waals surface area contributed by atoms with E-state index in [0.29, 0.717) is 0 Å². The van der Waals surface area contributed by atoms with Gasteiger partial charge in [-0.05, 0) is 12.5 Å². The van der Waals surface area contributed by atoms with Crippen molar-refractivity contribution in [2.75, 3.05) is 0 Å². The predicted octanol–water partition coefficient (Wildman–Crippen LogP) is 2.85. The molecule has 11 heavy (non-hydrogen) atoms. The fourth-order valence-corrected chi connectivity index (χ4v) is 0.737. The van der Waals surface area contributed by atoms with Crippen molar-refractivity contribution in [3.63, 3.8) is 0 Å². The number of aliphatic hydroxyl groups is 1. The summed E-state index contributed by atoms with van der Waals surface area (Å²) in [5.41, 5.74) is -0.856. The summed E-state index contributed by atoms with van der Waals surface area (Å²) in [6.45, 7) is 2.16. The molecule has 2 heteroatoms. The summed E-state index contributed by atoms with van der Waals surface area (Å²) in [6, 6.07) is 0. The molecule has 0 spiro atoms. The average molecular weight is 175 g/mol. The molecule has 0 heterocycles. The highest BCUT2D eigenvalue weighted by atomic mass is 35.5. The lowest BCUT2D eigenvalue weighted by atomic mass is 10.2. The van der Waals surface area contributed by atoms with Crippen LogP contribution in [0.4, 0.5) is 0 Å². The summed E-state index contributed by atoms with van der Waals surface area (Å²) in [4.78, 5) is 0. The Hall–Kier alpha value is -0.270. The maximum absolute atomic E-state index is 8.60. The molecule has 0 aliphatic heterocycles. The van der Waals surface area contributed by atoms with Gasteiger partial charge in [0.1, 0.15) is 5.56 Å². The van der Waals surface area contributed by atoms with Crippen LogP contribution < -0.4 is 0 Å². The van der Waals surface area contributed by atoms with Crippen LogP contribution in [0.5, 0.6) is 0 Å². The second kappa shape index (κ2) is 7.83. The molecule has 0 saturated carbocycles. The fraction of sp³-hybridized carbons (Fsp3) is 0.556. The van der Waals surface area contributed by atoms with Gasteiger partial charge in [-0.25, -0.2) is 0 Å². The predicted molar refractivity (Wildman–Crippen MR) is 49.7 cm³/mol. The van der Waals surface area contributed by atoms with Crippen molar-refractivity contribution in [1.82, 2.24) is 0 Å². The Balaban J connectivity index is 3.29. The number of allylic oxidation sites excluding steroid dienone is 3. The number of alkyl halides is 1. The molecule has 1 unspecified atom stereocenters. The number of hydrogen-bond donors (Lipinski definition) is 1. The number of halogens is 1. The van der Waals surface area contributed by atoms with E-state index >= 15 is 0 Å². The Bertz CT molecular complexity index is 128. The smallest absolute Gasteiger partial charge is 0.146 e. The second-order valence-corrected chi connectivity index (χ2v) is 2.78. The first kappa shape index (κ1) is 10.7. The lowest BCUT2D eigenvalue weighted by Gasteiger charge is -1.88. The minimum Gasteiger partial charge on any atom is -0.374 e. The van der Waals surface area contributed by atoms with Crippen LogP contribution in [-0.2, 0) is 0 Å². The van der Waals surface area contributed by atoms with Crippen molar-refractivity contribution in [2.45, 2.75) is 31.7 Å². The van der Waals surface area contributed by atoms with E-state index in [0.717, 1.165) is 6.42 Å². The molecule has 0 fully saturated rings. The van der Waals surface area contributed by atoms with Gasteiger partial charge in [-0.1, -0.05) is 49.6 Å². The lowest BCUT2D eigenvalue weighted by Crippen LogP contribution is -1.85. The van der Waals surface area contributed by atoms with Crippen molar-refractivity contribution >= 4 is 11.6 Å². The molecule has 0 radical (unpaired) electrons. The molecule has 0 aromatic heterocycles. The molecule has 1 atom stereocenters. The van der Waals surface area contributed by atoms with Gasteiger partial charge in [0.25, 0.3) is 0 Å². The summed E-state index contributed by atoms with van der Waals surface area (Å²) in [5, 5.41) is 8.60. The number of unbranched alkanes of at least 4 members (excludes halogenated alkanes) is 2. The SMILES string of the molecule is CCCC/C=C/C=C/C(O)Cl. The molecule has 1 nitrogen and oxygen atoms in total. The van der Waals surface area contributed by atoms with Crippen LogP contribution in [0.25, 0.3) is 0 Å². The summed E-state index contributed by atoms with van der Waals surface area (Å²) in [7, 11) is 0. The van der Waals surface area contributed by atoms with Crippen LogP contribution in [0.2, 0.25) is 0 Å². The van der Waals surface area contributed by atoms with Crippen molar-refractivity contribution in [1.29, 1.82) is 0 Å². The molecule has 64 valence electrons. The largest absolute Gasteiger partial charge is 0.374 e. The normalized spacial score (nSPS) is 14.8. The summed E-state index contributed by atoms with van der Waals surface area (Å²) in [5.74, 6) is 0. The Morgan fingerprint density at radius 1 is 1.45 bits per heavy atom. The highest BCUT2D eigenvalue weighted by Crippen LogP contribution is 1.96. The van der Waals surface area contributed by atoms with Crippen LogP contribution in [0, 0.1) is 0 Å². The van der Waals surface area contributed by atoms with Gasteiger partial charge in [0.05, 0.1) is 0 Å². The number of aliphatic hydroxyl groups excluding tert-OH is 1. The fourth-order valence-electron chi connectivity index (χ4n) is 0.653. The summed E-state index contributed by atoms with van der Waals surface area (Å²) >= 11 is 5.25. The first-order valence-corrected chi connectivity index (χ1v) is 4.36. The average Bonchev–Trinajstić information content (AvgIpc) is 1.96. The molecular weight excluding hydrogens is 160 g/mol. The Kier molecular flexibility index (Phi) is 7.64.